The summed E-state index contributed by atoms with van der Waals surface area (Å²) in [5.74, 6) is 0.863. The van der Waals surface area contributed by atoms with Crippen LogP contribution in [0.1, 0.15) is 86.3 Å². The summed E-state index contributed by atoms with van der Waals surface area (Å²) < 4.78 is 15.7. The molecule has 10 heteroatoms. The molecule has 1 saturated carbocycles. The van der Waals surface area contributed by atoms with Crippen molar-refractivity contribution in [2.24, 2.45) is 18.4 Å². The zero-order valence-electron chi connectivity index (χ0n) is 27.6. The van der Waals surface area contributed by atoms with Crippen LogP contribution in [0.25, 0.3) is 11.0 Å². The summed E-state index contributed by atoms with van der Waals surface area (Å²) in [5.41, 5.74) is 4.49. The van der Waals surface area contributed by atoms with E-state index in [9.17, 15) is 14.0 Å². The normalized spacial score (nSPS) is 16.4. The number of benzene rings is 3. The predicted octanol–water partition coefficient (Wildman–Crippen LogP) is 7.93. The Bertz CT molecular complexity index is 1830. The number of imidazole rings is 1. The number of anilines is 1. The minimum absolute atomic E-state index is 0.0653. The average molecular weight is 679 g/mol. The van der Waals surface area contributed by atoms with Crippen molar-refractivity contribution < 1.29 is 14.0 Å². The fourth-order valence-electron chi connectivity index (χ4n) is 6.34. The third-order valence-corrected chi connectivity index (χ3v) is 10.5. The number of aryl methyl sites for hydroxylation is 1. The molecule has 248 valence electrons. The van der Waals surface area contributed by atoms with Gasteiger partial charge in [-0.05, 0) is 78.6 Å². The molecule has 2 heterocycles. The second kappa shape index (κ2) is 12.8. The molecule has 4 aromatic rings. The minimum atomic E-state index is -0.518. The molecule has 0 unspecified atom stereocenters. The van der Waals surface area contributed by atoms with Gasteiger partial charge < -0.3 is 20.1 Å². The van der Waals surface area contributed by atoms with Crippen LogP contribution in [-0.2, 0) is 30.3 Å². The van der Waals surface area contributed by atoms with Crippen LogP contribution >= 0.6 is 23.2 Å². The maximum atomic E-state index is 14.1. The standard InChI is InChI=1S/C37H42Cl2FN5O2/c1-22-12-16-45(17-13-22)30-20-31-29(18-27(30)34(46)43-37(14-15-37)24-7-9-25(40)10-8-24)42-32(44(31)5)19-26-28(38)11-6-23(33(26)39)21-41-35(47)36(2,3)4/h6-11,18,20,22H,12-17,19,21H2,1-5H3,(H,41,47)(H,43,46). The molecule has 3 aromatic carbocycles. The number of aromatic nitrogens is 2. The van der Waals surface area contributed by atoms with E-state index in [1.54, 1.807) is 18.2 Å². The lowest BCUT2D eigenvalue weighted by molar-refractivity contribution is -0.128. The summed E-state index contributed by atoms with van der Waals surface area (Å²) in [6.45, 7) is 9.89. The van der Waals surface area contributed by atoms with Crippen LogP contribution in [0.4, 0.5) is 10.1 Å². The Kier molecular flexibility index (Phi) is 9.05. The highest BCUT2D eigenvalue weighted by Gasteiger charge is 2.46. The van der Waals surface area contributed by atoms with Crippen molar-refractivity contribution in [2.75, 3.05) is 18.0 Å². The Morgan fingerprint density at radius 1 is 1.04 bits per heavy atom. The van der Waals surface area contributed by atoms with E-state index in [2.05, 4.69) is 28.5 Å². The summed E-state index contributed by atoms with van der Waals surface area (Å²) in [7, 11) is 1.97. The SMILES string of the molecule is CC1CCN(c2cc3c(cc2C(=O)NC2(c4ccc(F)cc4)CC2)nc(Cc2c(Cl)ccc(CNC(=O)C(C)(C)C)c2Cl)n3C)CC1. The number of nitrogens with one attached hydrogen (secondary N) is 2. The lowest BCUT2D eigenvalue weighted by Gasteiger charge is -2.33. The summed E-state index contributed by atoms with van der Waals surface area (Å²) in [6.07, 6.45) is 4.09. The number of hydrogen-bond donors (Lipinski definition) is 2. The maximum absolute atomic E-state index is 14.1. The van der Waals surface area contributed by atoms with Gasteiger partial charge >= 0.3 is 0 Å². The first kappa shape index (κ1) is 33.3. The maximum Gasteiger partial charge on any atom is 0.254 e. The molecule has 1 aromatic heterocycles. The number of carbonyl (C=O) groups excluding carboxylic acids is 2. The highest BCUT2D eigenvalue weighted by atomic mass is 35.5. The van der Waals surface area contributed by atoms with Crippen LogP contribution in [0.2, 0.25) is 10.0 Å². The molecule has 0 radical (unpaired) electrons. The number of carbonyl (C=O) groups is 2. The number of fused-ring (bicyclic) bond motifs is 1. The van der Waals surface area contributed by atoms with Crippen molar-refractivity contribution in [3.8, 4) is 0 Å². The molecule has 1 aliphatic carbocycles. The van der Waals surface area contributed by atoms with Gasteiger partial charge in [0.1, 0.15) is 11.6 Å². The van der Waals surface area contributed by atoms with Crippen molar-refractivity contribution in [1.82, 2.24) is 20.2 Å². The molecule has 0 atom stereocenters. The molecule has 0 bridgehead atoms. The van der Waals surface area contributed by atoms with Crippen LogP contribution < -0.4 is 15.5 Å². The number of hydrogen-bond acceptors (Lipinski definition) is 4. The molecule has 2 amide bonds. The van der Waals surface area contributed by atoms with Crippen molar-refractivity contribution in [3.63, 3.8) is 0 Å². The average Bonchev–Trinajstić information content (AvgIpc) is 3.75. The van der Waals surface area contributed by atoms with Gasteiger partial charge in [-0.25, -0.2) is 9.37 Å². The van der Waals surface area contributed by atoms with Gasteiger partial charge in [0.15, 0.2) is 0 Å². The number of piperidine rings is 1. The van der Waals surface area contributed by atoms with E-state index in [1.165, 1.54) is 12.1 Å². The molecule has 2 fully saturated rings. The van der Waals surface area contributed by atoms with Crippen molar-refractivity contribution >= 4 is 51.7 Å². The fraction of sp³-hybridized carbons (Fsp3) is 0.432. The van der Waals surface area contributed by atoms with Crippen LogP contribution in [0.3, 0.4) is 0 Å². The third-order valence-electron chi connectivity index (χ3n) is 9.68. The third kappa shape index (κ3) is 6.86. The topological polar surface area (TPSA) is 79.3 Å². The van der Waals surface area contributed by atoms with E-state index in [0.717, 1.165) is 72.5 Å². The first-order chi connectivity index (χ1) is 22.3. The van der Waals surface area contributed by atoms with E-state index in [0.29, 0.717) is 33.5 Å². The quantitative estimate of drug-likeness (QED) is 0.199. The molecule has 1 aliphatic heterocycles. The van der Waals surface area contributed by atoms with Crippen LogP contribution in [0.15, 0.2) is 48.5 Å². The van der Waals surface area contributed by atoms with Gasteiger partial charge in [0.25, 0.3) is 5.91 Å². The Morgan fingerprint density at radius 2 is 1.72 bits per heavy atom. The Balaban J connectivity index is 1.34. The minimum Gasteiger partial charge on any atom is -0.371 e. The van der Waals surface area contributed by atoms with Crippen LogP contribution in [0.5, 0.6) is 0 Å². The number of rotatable bonds is 8. The summed E-state index contributed by atoms with van der Waals surface area (Å²) in [5, 5.41) is 7.28. The highest BCUT2D eigenvalue weighted by Crippen LogP contribution is 2.46. The van der Waals surface area contributed by atoms with E-state index in [4.69, 9.17) is 28.2 Å². The Morgan fingerprint density at radius 3 is 2.36 bits per heavy atom. The van der Waals surface area contributed by atoms with Crippen LogP contribution in [-0.4, -0.2) is 34.5 Å². The zero-order chi connectivity index (χ0) is 33.7. The first-order valence-electron chi connectivity index (χ1n) is 16.3. The monoisotopic (exact) mass is 677 g/mol. The largest absolute Gasteiger partial charge is 0.371 e. The van der Waals surface area contributed by atoms with E-state index < -0.39 is 11.0 Å². The molecule has 1 saturated heterocycles. The molecule has 47 heavy (non-hydrogen) atoms. The van der Waals surface area contributed by atoms with Gasteiger partial charge in [0.05, 0.1) is 32.8 Å². The van der Waals surface area contributed by atoms with E-state index in [-0.39, 0.29) is 24.2 Å². The van der Waals surface area contributed by atoms with Gasteiger partial charge in [0, 0.05) is 43.5 Å². The molecular formula is C37H42Cl2FN5O2. The predicted molar refractivity (Wildman–Crippen MR) is 187 cm³/mol. The van der Waals surface area contributed by atoms with Gasteiger partial charge in [-0.3, -0.25) is 9.59 Å². The molecule has 2 aliphatic rings. The van der Waals surface area contributed by atoms with Gasteiger partial charge in [0.2, 0.25) is 5.91 Å². The zero-order valence-corrected chi connectivity index (χ0v) is 29.2. The summed E-state index contributed by atoms with van der Waals surface area (Å²) in [4.78, 5) is 33.9. The lowest BCUT2D eigenvalue weighted by atomic mass is 9.95. The summed E-state index contributed by atoms with van der Waals surface area (Å²) >= 11 is 13.6. The van der Waals surface area contributed by atoms with Gasteiger partial charge in [-0.1, -0.05) is 69.1 Å². The van der Waals surface area contributed by atoms with E-state index in [1.807, 2.05) is 44.5 Å². The summed E-state index contributed by atoms with van der Waals surface area (Å²) in [6, 6.07) is 14.0. The number of nitrogens with zero attached hydrogens (tertiary/aromatic N) is 3. The fourth-order valence-corrected chi connectivity index (χ4v) is 6.91. The Labute approximate surface area is 285 Å². The Hall–Kier alpha value is -3.62. The van der Waals surface area contributed by atoms with Crippen molar-refractivity contribution in [3.05, 3.63) is 92.5 Å². The van der Waals surface area contributed by atoms with Gasteiger partial charge in [-0.2, -0.15) is 0 Å². The first-order valence-corrected chi connectivity index (χ1v) is 17.1. The van der Waals surface area contributed by atoms with E-state index >= 15 is 0 Å². The second-order valence-corrected chi connectivity index (χ2v) is 15.1. The lowest BCUT2D eigenvalue weighted by Crippen LogP contribution is -2.38. The molecule has 0 spiro atoms. The molecule has 2 N–H and O–H groups in total. The number of halogens is 3. The van der Waals surface area contributed by atoms with Crippen molar-refractivity contribution in [2.45, 2.75) is 71.9 Å². The second-order valence-electron chi connectivity index (χ2n) is 14.3. The van der Waals surface area contributed by atoms with Crippen molar-refractivity contribution in [1.29, 1.82) is 0 Å². The smallest absolute Gasteiger partial charge is 0.254 e. The van der Waals surface area contributed by atoms with Crippen LogP contribution in [0, 0.1) is 17.2 Å². The molecule has 6 rings (SSSR count). The van der Waals surface area contributed by atoms with Gasteiger partial charge in [-0.15, -0.1) is 0 Å². The molecule has 7 nitrogen and oxygen atoms in total. The number of amides is 2. The highest BCUT2D eigenvalue weighted by molar-refractivity contribution is 6.36. The molecular weight excluding hydrogens is 636 g/mol.